The number of hydrogen-bond acceptors (Lipinski definition) is 3. The predicted octanol–water partition coefficient (Wildman–Crippen LogP) is 1.81. The summed E-state index contributed by atoms with van der Waals surface area (Å²) in [6.07, 6.45) is 1.52. The van der Waals surface area contributed by atoms with Crippen LogP contribution >= 0.6 is 0 Å². The third-order valence-corrected chi connectivity index (χ3v) is 4.32. The van der Waals surface area contributed by atoms with Crippen molar-refractivity contribution in [2.75, 3.05) is 27.7 Å². The summed E-state index contributed by atoms with van der Waals surface area (Å²) in [5.74, 6) is -0.404. The predicted molar refractivity (Wildman–Crippen MR) is 101 cm³/mol. The lowest BCUT2D eigenvalue weighted by molar-refractivity contribution is -0.129. The van der Waals surface area contributed by atoms with Gasteiger partial charge in [-0.2, -0.15) is 0 Å². The highest BCUT2D eigenvalue weighted by Gasteiger charge is 2.19. The van der Waals surface area contributed by atoms with Crippen molar-refractivity contribution in [2.45, 2.75) is 19.4 Å². The van der Waals surface area contributed by atoms with Crippen LogP contribution in [0.2, 0.25) is 0 Å². The van der Waals surface area contributed by atoms with Crippen LogP contribution in [-0.4, -0.2) is 53.9 Å². The van der Waals surface area contributed by atoms with Crippen molar-refractivity contribution in [1.82, 2.24) is 14.4 Å². The molecule has 0 bridgehead atoms. The minimum atomic E-state index is -0.452. The second kappa shape index (κ2) is 8.47. The Hall–Kier alpha value is -2.89. The highest BCUT2D eigenvalue weighted by atomic mass is 16.2. The first-order valence-electron chi connectivity index (χ1n) is 8.51. The van der Waals surface area contributed by atoms with Crippen LogP contribution < -0.4 is 5.56 Å². The van der Waals surface area contributed by atoms with Gasteiger partial charge in [0.25, 0.3) is 11.5 Å². The zero-order chi connectivity index (χ0) is 19.3. The number of nitrogens with zero attached hydrogens (tertiary/aromatic N) is 3. The Kier molecular flexibility index (Phi) is 6.33. The average Bonchev–Trinajstić information content (AvgIpc) is 2.63. The first-order valence-corrected chi connectivity index (χ1v) is 8.51. The number of amides is 2. The molecule has 0 N–H and O–H groups in total. The monoisotopic (exact) mass is 355 g/mol. The van der Waals surface area contributed by atoms with Gasteiger partial charge < -0.3 is 14.4 Å². The Balaban J connectivity index is 2.16. The van der Waals surface area contributed by atoms with Crippen LogP contribution in [0.1, 0.15) is 28.8 Å². The first-order chi connectivity index (χ1) is 12.3. The smallest absolute Gasteiger partial charge is 0.263 e. The maximum Gasteiger partial charge on any atom is 0.263 e. The van der Waals surface area contributed by atoms with Gasteiger partial charge in [0.15, 0.2) is 0 Å². The molecule has 0 fully saturated rings. The number of carbonyl (C=O) groups is 2. The van der Waals surface area contributed by atoms with Crippen molar-refractivity contribution < 1.29 is 9.59 Å². The number of benzene rings is 1. The van der Waals surface area contributed by atoms with Crippen molar-refractivity contribution in [3.8, 4) is 0 Å². The number of pyridine rings is 1. The normalized spacial score (nSPS) is 11.7. The summed E-state index contributed by atoms with van der Waals surface area (Å²) in [6.45, 7) is 2.45. The van der Waals surface area contributed by atoms with Crippen molar-refractivity contribution in [3.63, 3.8) is 0 Å². The molecule has 0 saturated carbocycles. The molecule has 138 valence electrons. The van der Waals surface area contributed by atoms with Crippen LogP contribution in [0.15, 0.2) is 53.5 Å². The number of hydrogen-bond donors (Lipinski definition) is 0. The van der Waals surface area contributed by atoms with Crippen molar-refractivity contribution in [1.29, 1.82) is 0 Å². The lowest BCUT2D eigenvalue weighted by atomic mass is 10.0. The molecule has 2 rings (SSSR count). The zero-order valence-corrected chi connectivity index (χ0v) is 15.7. The zero-order valence-electron chi connectivity index (χ0n) is 15.7. The van der Waals surface area contributed by atoms with Gasteiger partial charge in [-0.3, -0.25) is 14.4 Å². The number of aromatic nitrogens is 1. The molecule has 1 heterocycles. The third-order valence-electron chi connectivity index (χ3n) is 4.32. The van der Waals surface area contributed by atoms with E-state index in [9.17, 15) is 14.4 Å². The summed E-state index contributed by atoms with van der Waals surface area (Å²) < 4.78 is 1.27. The topological polar surface area (TPSA) is 62.6 Å². The largest absolute Gasteiger partial charge is 0.347 e. The Bertz CT molecular complexity index is 828. The Morgan fingerprint density at radius 1 is 1.04 bits per heavy atom. The number of rotatable bonds is 6. The van der Waals surface area contributed by atoms with Crippen LogP contribution in [-0.2, 0) is 11.3 Å². The molecule has 1 aromatic carbocycles. The molecule has 1 atom stereocenters. The minimum absolute atomic E-state index is 0.0711. The van der Waals surface area contributed by atoms with E-state index < -0.39 is 5.56 Å². The van der Waals surface area contributed by atoms with Gasteiger partial charge in [0.2, 0.25) is 5.91 Å². The van der Waals surface area contributed by atoms with E-state index in [0.717, 1.165) is 5.56 Å². The van der Waals surface area contributed by atoms with Crippen LogP contribution in [0.5, 0.6) is 0 Å². The lowest BCUT2D eigenvalue weighted by Gasteiger charge is -2.22. The van der Waals surface area contributed by atoms with Gasteiger partial charge in [0, 0.05) is 33.9 Å². The highest BCUT2D eigenvalue weighted by Crippen LogP contribution is 2.16. The quantitative estimate of drug-likeness (QED) is 0.794. The van der Waals surface area contributed by atoms with E-state index in [4.69, 9.17) is 0 Å². The van der Waals surface area contributed by atoms with E-state index in [1.54, 1.807) is 32.1 Å². The fourth-order valence-electron chi connectivity index (χ4n) is 2.70. The Morgan fingerprint density at radius 2 is 1.69 bits per heavy atom. The van der Waals surface area contributed by atoms with Crippen LogP contribution in [0.3, 0.4) is 0 Å². The molecule has 0 radical (unpaired) electrons. The van der Waals surface area contributed by atoms with Gasteiger partial charge in [-0.25, -0.2) is 0 Å². The molecule has 6 nitrogen and oxygen atoms in total. The van der Waals surface area contributed by atoms with E-state index in [1.165, 1.54) is 21.7 Å². The molecule has 2 aromatic rings. The van der Waals surface area contributed by atoms with E-state index >= 15 is 0 Å². The average molecular weight is 355 g/mol. The summed E-state index contributed by atoms with van der Waals surface area (Å²) in [5, 5.41) is 0. The molecule has 26 heavy (non-hydrogen) atoms. The molecule has 0 aliphatic carbocycles. The van der Waals surface area contributed by atoms with Gasteiger partial charge >= 0.3 is 0 Å². The Labute approximate surface area is 153 Å². The molecular formula is C20H25N3O3. The maximum atomic E-state index is 12.7. The minimum Gasteiger partial charge on any atom is -0.347 e. The lowest BCUT2D eigenvalue weighted by Crippen LogP contribution is -2.38. The van der Waals surface area contributed by atoms with Crippen LogP contribution in [0.25, 0.3) is 0 Å². The third kappa shape index (κ3) is 4.59. The molecule has 1 aromatic heterocycles. The van der Waals surface area contributed by atoms with E-state index in [1.807, 2.05) is 37.3 Å². The molecule has 0 aliphatic rings. The second-order valence-electron chi connectivity index (χ2n) is 6.64. The van der Waals surface area contributed by atoms with Gasteiger partial charge in [-0.05, 0) is 23.6 Å². The maximum absolute atomic E-state index is 12.7. The van der Waals surface area contributed by atoms with Crippen LogP contribution in [0, 0.1) is 0 Å². The molecule has 2 amide bonds. The van der Waals surface area contributed by atoms with Gasteiger partial charge in [0.05, 0.1) is 0 Å². The van der Waals surface area contributed by atoms with Gasteiger partial charge in [0.1, 0.15) is 12.1 Å². The first kappa shape index (κ1) is 19.4. The molecule has 0 spiro atoms. The summed E-state index contributed by atoms with van der Waals surface area (Å²) in [4.78, 5) is 40.1. The van der Waals surface area contributed by atoms with Gasteiger partial charge in [-0.1, -0.05) is 37.3 Å². The van der Waals surface area contributed by atoms with Crippen molar-refractivity contribution >= 4 is 11.8 Å². The summed E-state index contributed by atoms with van der Waals surface area (Å²) in [7, 11) is 4.94. The highest BCUT2D eigenvalue weighted by molar-refractivity contribution is 5.93. The van der Waals surface area contributed by atoms with Crippen LogP contribution in [0.4, 0.5) is 0 Å². The van der Waals surface area contributed by atoms with E-state index in [2.05, 4.69) is 0 Å². The van der Waals surface area contributed by atoms with Crippen molar-refractivity contribution in [3.05, 3.63) is 70.1 Å². The summed E-state index contributed by atoms with van der Waals surface area (Å²) >= 11 is 0. The summed E-state index contributed by atoms with van der Waals surface area (Å²) in [6, 6.07) is 13.0. The van der Waals surface area contributed by atoms with Crippen molar-refractivity contribution in [2.24, 2.45) is 0 Å². The van der Waals surface area contributed by atoms with E-state index in [0.29, 0.717) is 6.54 Å². The molecule has 0 aliphatic heterocycles. The molecule has 0 unspecified atom stereocenters. The standard InChI is InChI=1S/C20H25N3O3/c1-15(16-9-6-5-7-10-16)13-22(4)19(25)17-11-8-12-23(20(17)26)14-18(24)21(2)3/h5-12,15H,13-14H2,1-4H3/t15-/m1/s1. The number of likely N-dealkylation sites (N-methyl/N-ethyl adjacent to an activating group) is 2. The fraction of sp³-hybridized carbons (Fsp3) is 0.350. The fourth-order valence-corrected chi connectivity index (χ4v) is 2.70. The second-order valence-corrected chi connectivity index (χ2v) is 6.64. The Morgan fingerprint density at radius 3 is 2.31 bits per heavy atom. The van der Waals surface area contributed by atoms with Gasteiger partial charge in [-0.15, -0.1) is 0 Å². The van der Waals surface area contributed by atoms with E-state index in [-0.39, 0.29) is 29.8 Å². The molecule has 6 heteroatoms. The SMILES string of the molecule is C[C@H](CN(C)C(=O)c1cccn(CC(=O)N(C)C)c1=O)c1ccccc1. The number of carbonyl (C=O) groups excluding carboxylic acids is 2. The molecule has 0 saturated heterocycles. The summed E-state index contributed by atoms with van der Waals surface area (Å²) in [5.41, 5.74) is 0.753. The molecular weight excluding hydrogens is 330 g/mol.